The summed E-state index contributed by atoms with van der Waals surface area (Å²) in [5.41, 5.74) is 0.949. The molecule has 0 aromatic carbocycles. The first-order valence-corrected chi connectivity index (χ1v) is 8.77. The van der Waals surface area contributed by atoms with E-state index in [0.29, 0.717) is 22.7 Å². The molecule has 0 radical (unpaired) electrons. The summed E-state index contributed by atoms with van der Waals surface area (Å²) < 4.78 is 2.71. The first-order chi connectivity index (χ1) is 11.1. The maximum Gasteiger partial charge on any atom is 0.345 e. The summed E-state index contributed by atoms with van der Waals surface area (Å²) in [5, 5.41) is 17.0. The van der Waals surface area contributed by atoms with Crippen molar-refractivity contribution in [2.75, 3.05) is 6.54 Å². The molecule has 0 unspecified atom stereocenters. The number of carboxylic acids is 1. The van der Waals surface area contributed by atoms with Gasteiger partial charge in [0.15, 0.2) is 0 Å². The van der Waals surface area contributed by atoms with Crippen molar-refractivity contribution < 1.29 is 14.7 Å². The number of thiophene rings is 2. The van der Waals surface area contributed by atoms with Crippen LogP contribution < -0.4 is 5.32 Å². The number of carboxylic acid groups (broad SMARTS) is 1. The third-order valence-electron chi connectivity index (χ3n) is 3.34. The van der Waals surface area contributed by atoms with Gasteiger partial charge >= 0.3 is 5.97 Å². The maximum absolute atomic E-state index is 12.1. The van der Waals surface area contributed by atoms with Gasteiger partial charge in [0.05, 0.1) is 14.6 Å². The quantitative estimate of drug-likeness (QED) is 0.717. The molecule has 3 rings (SSSR count). The third kappa shape index (κ3) is 3.43. The Balaban J connectivity index is 1.59. The van der Waals surface area contributed by atoms with E-state index in [4.69, 9.17) is 5.11 Å². The lowest BCUT2D eigenvalue weighted by Crippen LogP contribution is -2.25. The molecule has 23 heavy (non-hydrogen) atoms. The molecule has 3 heterocycles. The molecular formula is C15H15N3O3S2. The van der Waals surface area contributed by atoms with Gasteiger partial charge in [-0.15, -0.1) is 22.7 Å². The lowest BCUT2D eigenvalue weighted by Gasteiger charge is -2.01. The number of fused-ring (bicyclic) bond motifs is 1. The average molecular weight is 349 g/mol. The molecule has 2 N–H and O–H groups in total. The monoisotopic (exact) mass is 349 g/mol. The summed E-state index contributed by atoms with van der Waals surface area (Å²) in [7, 11) is 0. The molecule has 0 aliphatic heterocycles. The number of rotatable bonds is 6. The van der Waals surface area contributed by atoms with Crippen molar-refractivity contribution in [2.45, 2.75) is 19.9 Å². The van der Waals surface area contributed by atoms with Gasteiger partial charge in [-0.2, -0.15) is 5.10 Å². The molecular weight excluding hydrogens is 334 g/mol. The molecule has 0 saturated heterocycles. The molecule has 1 amide bonds. The molecule has 120 valence electrons. The SMILES string of the molecule is CCn1ccc(CCNC(=O)c2cc3cc(C(=O)O)sc3s2)n1. The second-order valence-electron chi connectivity index (χ2n) is 4.94. The number of hydrogen-bond acceptors (Lipinski definition) is 5. The molecule has 0 bridgehead atoms. The molecule has 3 aromatic heterocycles. The van der Waals surface area contributed by atoms with Crippen molar-refractivity contribution in [3.05, 3.63) is 39.8 Å². The van der Waals surface area contributed by atoms with Crippen molar-refractivity contribution in [1.29, 1.82) is 0 Å². The van der Waals surface area contributed by atoms with E-state index in [1.807, 2.05) is 23.9 Å². The minimum atomic E-state index is -0.934. The normalized spacial score (nSPS) is 11.0. The van der Waals surface area contributed by atoms with Crippen LogP contribution in [-0.2, 0) is 13.0 Å². The molecule has 0 saturated carbocycles. The van der Waals surface area contributed by atoms with Crippen LogP contribution in [0.25, 0.3) is 9.40 Å². The average Bonchev–Trinajstić information content (AvgIpc) is 3.20. The Bertz CT molecular complexity index is 831. The Morgan fingerprint density at radius 1 is 1.30 bits per heavy atom. The van der Waals surface area contributed by atoms with Crippen molar-refractivity contribution in [1.82, 2.24) is 15.1 Å². The number of carbonyl (C=O) groups is 2. The third-order valence-corrected chi connectivity index (χ3v) is 5.71. The molecule has 0 spiro atoms. The lowest BCUT2D eigenvalue weighted by atomic mass is 10.3. The Hall–Kier alpha value is -2.19. The largest absolute Gasteiger partial charge is 0.477 e. The van der Waals surface area contributed by atoms with Crippen LogP contribution in [0.3, 0.4) is 0 Å². The van der Waals surface area contributed by atoms with Crippen molar-refractivity contribution in [3.8, 4) is 0 Å². The standard InChI is InChI=1S/C15H15N3O3S2/c1-2-18-6-4-10(17-18)3-5-16-13(19)11-7-9-8-12(14(20)21)23-15(9)22-11/h4,6-8H,2-3,5H2,1H3,(H,16,19)(H,20,21). The maximum atomic E-state index is 12.1. The molecule has 0 fully saturated rings. The molecule has 0 aliphatic rings. The van der Waals surface area contributed by atoms with E-state index in [-0.39, 0.29) is 5.91 Å². The van der Waals surface area contributed by atoms with Crippen LogP contribution in [-0.4, -0.2) is 33.3 Å². The number of aryl methyl sites for hydroxylation is 1. The Labute approximate surface area is 140 Å². The van der Waals surface area contributed by atoms with Gasteiger partial charge in [-0.1, -0.05) is 0 Å². The zero-order valence-corrected chi connectivity index (χ0v) is 14.0. The van der Waals surface area contributed by atoms with Gasteiger partial charge in [0.2, 0.25) is 0 Å². The van der Waals surface area contributed by atoms with Crippen LogP contribution in [0.1, 0.15) is 32.0 Å². The molecule has 0 atom stereocenters. The highest BCUT2D eigenvalue weighted by Crippen LogP contribution is 2.33. The number of aromatic carboxylic acids is 1. The van der Waals surface area contributed by atoms with E-state index < -0.39 is 5.97 Å². The number of aromatic nitrogens is 2. The van der Waals surface area contributed by atoms with Crippen LogP contribution >= 0.6 is 22.7 Å². The summed E-state index contributed by atoms with van der Waals surface area (Å²) in [6, 6.07) is 5.29. The first kappa shape index (κ1) is 15.7. The van der Waals surface area contributed by atoms with Crippen molar-refractivity contribution in [2.24, 2.45) is 0 Å². The highest BCUT2D eigenvalue weighted by molar-refractivity contribution is 7.39. The van der Waals surface area contributed by atoms with Crippen LogP contribution in [0.4, 0.5) is 0 Å². The topological polar surface area (TPSA) is 84.2 Å². The second kappa shape index (κ2) is 6.51. The minimum absolute atomic E-state index is 0.134. The predicted molar refractivity (Wildman–Crippen MR) is 90.6 cm³/mol. The fourth-order valence-electron chi connectivity index (χ4n) is 2.16. The minimum Gasteiger partial charge on any atom is -0.477 e. The predicted octanol–water partition coefficient (Wildman–Crippen LogP) is 2.85. The number of amides is 1. The van der Waals surface area contributed by atoms with E-state index in [1.54, 1.807) is 12.1 Å². The highest BCUT2D eigenvalue weighted by Gasteiger charge is 2.15. The van der Waals surface area contributed by atoms with Crippen molar-refractivity contribution >= 4 is 43.9 Å². The molecule has 6 nitrogen and oxygen atoms in total. The number of hydrogen-bond donors (Lipinski definition) is 2. The summed E-state index contributed by atoms with van der Waals surface area (Å²) in [5.74, 6) is -1.07. The van der Waals surface area contributed by atoms with E-state index in [9.17, 15) is 9.59 Å². The van der Waals surface area contributed by atoms with Crippen LogP contribution in [0.15, 0.2) is 24.4 Å². The van der Waals surface area contributed by atoms with E-state index in [0.717, 1.165) is 21.6 Å². The summed E-state index contributed by atoms with van der Waals surface area (Å²) in [6.45, 7) is 3.37. The van der Waals surface area contributed by atoms with Crippen LogP contribution in [0, 0.1) is 0 Å². The van der Waals surface area contributed by atoms with Gasteiger partial charge in [-0.3, -0.25) is 9.48 Å². The van der Waals surface area contributed by atoms with Gasteiger partial charge < -0.3 is 10.4 Å². The zero-order chi connectivity index (χ0) is 16.4. The fourth-order valence-corrected chi connectivity index (χ4v) is 4.36. The fraction of sp³-hybridized carbons (Fsp3) is 0.267. The Morgan fingerprint density at radius 2 is 2.04 bits per heavy atom. The molecule has 3 aromatic rings. The second-order valence-corrected chi connectivity index (χ2v) is 7.30. The van der Waals surface area contributed by atoms with Gasteiger partial charge in [0.25, 0.3) is 5.91 Å². The van der Waals surface area contributed by atoms with E-state index in [1.165, 1.54) is 22.7 Å². The Morgan fingerprint density at radius 3 is 2.70 bits per heavy atom. The van der Waals surface area contributed by atoms with E-state index >= 15 is 0 Å². The van der Waals surface area contributed by atoms with Gasteiger partial charge in [-0.25, -0.2) is 4.79 Å². The lowest BCUT2D eigenvalue weighted by molar-refractivity contribution is 0.0702. The number of nitrogens with one attached hydrogen (secondary N) is 1. The highest BCUT2D eigenvalue weighted by atomic mass is 32.2. The summed E-state index contributed by atoms with van der Waals surface area (Å²) in [6.07, 6.45) is 2.60. The summed E-state index contributed by atoms with van der Waals surface area (Å²) >= 11 is 2.52. The van der Waals surface area contributed by atoms with Gasteiger partial charge in [0.1, 0.15) is 4.88 Å². The molecule has 0 aliphatic carbocycles. The van der Waals surface area contributed by atoms with Crippen molar-refractivity contribution in [3.63, 3.8) is 0 Å². The van der Waals surface area contributed by atoms with Gasteiger partial charge in [-0.05, 0) is 25.1 Å². The molecule has 8 heteroatoms. The number of carbonyl (C=O) groups excluding carboxylic acids is 1. The van der Waals surface area contributed by atoms with Crippen LogP contribution in [0.2, 0.25) is 0 Å². The van der Waals surface area contributed by atoms with Gasteiger partial charge in [0, 0.05) is 31.1 Å². The van der Waals surface area contributed by atoms with E-state index in [2.05, 4.69) is 10.4 Å². The van der Waals surface area contributed by atoms with Crippen LogP contribution in [0.5, 0.6) is 0 Å². The zero-order valence-electron chi connectivity index (χ0n) is 12.4. The Kier molecular flexibility index (Phi) is 4.44. The summed E-state index contributed by atoms with van der Waals surface area (Å²) in [4.78, 5) is 24.0. The number of nitrogens with zero attached hydrogens (tertiary/aromatic N) is 2. The first-order valence-electron chi connectivity index (χ1n) is 7.14. The smallest absolute Gasteiger partial charge is 0.345 e.